The van der Waals surface area contributed by atoms with Crippen molar-refractivity contribution in [1.29, 1.82) is 0 Å². The highest BCUT2D eigenvalue weighted by Gasteiger charge is 2.55. The number of anilines is 1. The van der Waals surface area contributed by atoms with Crippen LogP contribution >= 0.6 is 0 Å². The van der Waals surface area contributed by atoms with Gasteiger partial charge in [0.25, 0.3) is 5.91 Å². The molecule has 3 aromatic carbocycles. The fraction of sp³-hybridized carbons (Fsp3) is 0.167. The lowest BCUT2D eigenvalue weighted by Gasteiger charge is -2.53. The van der Waals surface area contributed by atoms with Gasteiger partial charge in [0.2, 0.25) is 0 Å². The molecular formula is C24H19FN2O3. The first-order valence-corrected chi connectivity index (χ1v) is 9.74. The standard InChI is InChI=1S/C24H19FN2O3/c1-24-15-20(19-9-5-6-10-21(19)30-24)26(22(28)16-7-3-2-4-8-16)23(29)27(24)18-13-11-17(25)12-14-18/h2-14,20H,15H2,1H3. The Kier molecular flexibility index (Phi) is 4.10. The van der Waals surface area contributed by atoms with E-state index in [0.717, 1.165) is 5.56 Å². The Hall–Kier alpha value is -3.67. The van der Waals surface area contributed by atoms with Crippen LogP contribution in [0.15, 0.2) is 78.9 Å². The van der Waals surface area contributed by atoms with E-state index in [2.05, 4.69) is 0 Å². The number of hydrogen-bond acceptors (Lipinski definition) is 3. The molecule has 0 saturated carbocycles. The molecule has 6 heteroatoms. The lowest BCUT2D eigenvalue weighted by atomic mass is 9.88. The van der Waals surface area contributed by atoms with Crippen LogP contribution in [0, 0.1) is 5.82 Å². The molecule has 2 aliphatic heterocycles. The van der Waals surface area contributed by atoms with Crippen LogP contribution in [0.2, 0.25) is 0 Å². The predicted molar refractivity (Wildman–Crippen MR) is 110 cm³/mol. The van der Waals surface area contributed by atoms with Crippen molar-refractivity contribution in [2.75, 3.05) is 4.90 Å². The second-order valence-corrected chi connectivity index (χ2v) is 7.67. The number of benzene rings is 3. The zero-order valence-corrected chi connectivity index (χ0v) is 16.3. The molecule has 2 aliphatic rings. The van der Waals surface area contributed by atoms with Gasteiger partial charge in [0.15, 0.2) is 5.72 Å². The van der Waals surface area contributed by atoms with Crippen LogP contribution in [0.25, 0.3) is 0 Å². The van der Waals surface area contributed by atoms with E-state index in [-0.39, 0.29) is 5.91 Å². The van der Waals surface area contributed by atoms with Crippen molar-refractivity contribution in [3.8, 4) is 5.75 Å². The Morgan fingerprint density at radius 2 is 1.67 bits per heavy atom. The molecule has 0 aromatic heterocycles. The SMILES string of the molecule is CC12CC(c3ccccc3O1)N(C(=O)c1ccccc1)C(=O)N2c1ccc(F)cc1. The monoisotopic (exact) mass is 402 g/mol. The Morgan fingerprint density at radius 3 is 2.40 bits per heavy atom. The van der Waals surface area contributed by atoms with Gasteiger partial charge in [-0.25, -0.2) is 9.18 Å². The van der Waals surface area contributed by atoms with Crippen LogP contribution in [0.5, 0.6) is 5.75 Å². The molecule has 0 radical (unpaired) electrons. The Labute approximate surface area is 173 Å². The number of rotatable bonds is 2. The number of para-hydroxylation sites is 1. The molecule has 3 amide bonds. The summed E-state index contributed by atoms with van der Waals surface area (Å²) in [6.07, 6.45) is 0.395. The maximum Gasteiger partial charge on any atom is 0.335 e. The minimum atomic E-state index is -1.01. The first-order valence-electron chi connectivity index (χ1n) is 9.74. The fourth-order valence-corrected chi connectivity index (χ4v) is 4.33. The van der Waals surface area contributed by atoms with Crippen molar-refractivity contribution in [3.63, 3.8) is 0 Å². The fourth-order valence-electron chi connectivity index (χ4n) is 4.33. The average molecular weight is 402 g/mol. The summed E-state index contributed by atoms with van der Waals surface area (Å²) in [5.41, 5.74) is 0.679. The zero-order chi connectivity index (χ0) is 20.9. The molecule has 2 unspecified atom stereocenters. The van der Waals surface area contributed by atoms with Crippen molar-refractivity contribution < 1.29 is 18.7 Å². The summed E-state index contributed by atoms with van der Waals surface area (Å²) in [6, 6.07) is 20.8. The van der Waals surface area contributed by atoms with Gasteiger partial charge in [-0.2, -0.15) is 0 Å². The van der Waals surface area contributed by atoms with E-state index in [0.29, 0.717) is 23.4 Å². The van der Waals surface area contributed by atoms with Crippen molar-refractivity contribution in [2.24, 2.45) is 0 Å². The van der Waals surface area contributed by atoms with Gasteiger partial charge in [-0.3, -0.25) is 14.6 Å². The highest BCUT2D eigenvalue weighted by atomic mass is 19.1. The summed E-state index contributed by atoms with van der Waals surface area (Å²) in [7, 11) is 0. The number of carbonyl (C=O) groups excluding carboxylic acids is 2. The Balaban J connectivity index is 1.67. The predicted octanol–water partition coefficient (Wildman–Crippen LogP) is 5.15. The van der Waals surface area contributed by atoms with Crippen molar-refractivity contribution in [3.05, 3.63) is 95.8 Å². The second kappa shape index (κ2) is 6.69. The number of imide groups is 1. The normalized spacial score (nSPS) is 22.3. The number of amides is 3. The summed E-state index contributed by atoms with van der Waals surface area (Å²) in [5, 5.41) is 0. The molecule has 30 heavy (non-hydrogen) atoms. The molecule has 1 saturated heterocycles. The van der Waals surface area contributed by atoms with E-state index in [1.54, 1.807) is 24.3 Å². The lowest BCUT2D eigenvalue weighted by Crippen LogP contribution is -2.67. The second-order valence-electron chi connectivity index (χ2n) is 7.67. The average Bonchev–Trinajstić information content (AvgIpc) is 2.75. The summed E-state index contributed by atoms with van der Waals surface area (Å²) < 4.78 is 19.8. The summed E-state index contributed by atoms with van der Waals surface area (Å²) in [5.74, 6) is -0.156. The van der Waals surface area contributed by atoms with E-state index in [4.69, 9.17) is 4.74 Å². The minimum Gasteiger partial charge on any atom is -0.467 e. The third-order valence-electron chi connectivity index (χ3n) is 5.69. The van der Waals surface area contributed by atoms with Crippen molar-refractivity contribution in [1.82, 2.24) is 4.90 Å². The topological polar surface area (TPSA) is 49.9 Å². The Morgan fingerprint density at radius 1 is 1.00 bits per heavy atom. The molecule has 5 nitrogen and oxygen atoms in total. The third kappa shape index (κ3) is 2.76. The van der Waals surface area contributed by atoms with Crippen LogP contribution < -0.4 is 9.64 Å². The number of carbonyl (C=O) groups is 2. The number of halogens is 1. The van der Waals surface area contributed by atoms with Crippen molar-refractivity contribution >= 4 is 17.6 Å². The number of nitrogens with zero attached hydrogens (tertiary/aromatic N) is 2. The molecule has 150 valence electrons. The summed E-state index contributed by atoms with van der Waals surface area (Å²) >= 11 is 0. The zero-order valence-electron chi connectivity index (χ0n) is 16.3. The molecule has 2 bridgehead atoms. The maximum absolute atomic E-state index is 13.7. The number of hydrogen-bond donors (Lipinski definition) is 0. The van der Waals surface area contributed by atoms with E-state index in [9.17, 15) is 14.0 Å². The molecule has 5 rings (SSSR count). The summed E-state index contributed by atoms with van der Waals surface area (Å²) in [4.78, 5) is 29.9. The number of fused-ring (bicyclic) bond motifs is 4. The van der Waals surface area contributed by atoms with Gasteiger partial charge in [0.1, 0.15) is 11.6 Å². The van der Waals surface area contributed by atoms with Gasteiger partial charge in [0.05, 0.1) is 6.04 Å². The minimum absolute atomic E-state index is 0.378. The van der Waals surface area contributed by atoms with Crippen LogP contribution in [0.4, 0.5) is 14.9 Å². The van der Waals surface area contributed by atoms with E-state index in [1.807, 2.05) is 37.3 Å². The van der Waals surface area contributed by atoms with Gasteiger partial charge in [-0.05, 0) is 49.4 Å². The molecule has 3 aromatic rings. The van der Waals surface area contributed by atoms with Crippen LogP contribution in [0.3, 0.4) is 0 Å². The molecule has 2 atom stereocenters. The largest absolute Gasteiger partial charge is 0.467 e. The molecular weight excluding hydrogens is 383 g/mol. The first kappa shape index (κ1) is 18.4. The van der Waals surface area contributed by atoms with Gasteiger partial charge in [-0.1, -0.05) is 36.4 Å². The van der Waals surface area contributed by atoms with E-state index >= 15 is 0 Å². The molecule has 0 aliphatic carbocycles. The van der Waals surface area contributed by atoms with Crippen molar-refractivity contribution in [2.45, 2.75) is 25.1 Å². The summed E-state index contributed by atoms with van der Waals surface area (Å²) in [6.45, 7) is 1.82. The van der Waals surface area contributed by atoms with Gasteiger partial charge in [0, 0.05) is 23.2 Å². The molecule has 0 N–H and O–H groups in total. The van der Waals surface area contributed by atoms with Gasteiger partial charge in [-0.15, -0.1) is 0 Å². The van der Waals surface area contributed by atoms with E-state index in [1.165, 1.54) is 34.1 Å². The van der Waals surface area contributed by atoms with E-state index < -0.39 is 23.6 Å². The first-order chi connectivity index (χ1) is 14.5. The lowest BCUT2D eigenvalue weighted by molar-refractivity contribution is 0.00267. The van der Waals surface area contributed by atoms with Crippen LogP contribution in [0.1, 0.15) is 35.3 Å². The van der Waals surface area contributed by atoms with Gasteiger partial charge < -0.3 is 4.74 Å². The molecule has 2 heterocycles. The number of urea groups is 1. The molecule has 0 spiro atoms. The number of ether oxygens (including phenoxy) is 1. The quantitative estimate of drug-likeness (QED) is 0.596. The Bertz CT molecular complexity index is 1130. The highest BCUT2D eigenvalue weighted by molar-refractivity contribution is 6.10. The van der Waals surface area contributed by atoms with Crippen LogP contribution in [-0.4, -0.2) is 22.6 Å². The highest BCUT2D eigenvalue weighted by Crippen LogP contribution is 2.49. The van der Waals surface area contributed by atoms with Gasteiger partial charge >= 0.3 is 6.03 Å². The molecule has 1 fully saturated rings. The maximum atomic E-state index is 13.7. The smallest absolute Gasteiger partial charge is 0.335 e. The van der Waals surface area contributed by atoms with Crippen LogP contribution in [-0.2, 0) is 0 Å². The third-order valence-corrected chi connectivity index (χ3v) is 5.69.